The number of hydrogen-bond donors (Lipinski definition) is 3. The molecule has 0 spiro atoms. The fraction of sp³-hybridized carbons (Fsp3) is 0.231. The van der Waals surface area contributed by atoms with Crippen molar-refractivity contribution in [1.29, 1.82) is 0 Å². The number of aromatic amines is 1. The number of nitrogens with one attached hydrogen (secondary N) is 3. The standard InChI is InChI=1S/C26H27N3O2S/c1-2-18(19-9-4-3-5-10-19)16-28-25(30)23(29-26(31)24-13-8-14-32-24)15-20-17-27-22-12-7-6-11-21(20)22/h3-14,17-18,23,27H,2,15-16H2,1H3,(H,28,30)(H,29,31)/t18?,23-/m0/s1. The van der Waals surface area contributed by atoms with Crippen molar-refractivity contribution >= 4 is 34.1 Å². The van der Waals surface area contributed by atoms with Crippen molar-refractivity contribution < 1.29 is 9.59 Å². The maximum absolute atomic E-state index is 13.2. The van der Waals surface area contributed by atoms with Crippen LogP contribution in [0.5, 0.6) is 0 Å². The van der Waals surface area contributed by atoms with Gasteiger partial charge in [-0.15, -0.1) is 11.3 Å². The van der Waals surface area contributed by atoms with Gasteiger partial charge in [0.1, 0.15) is 6.04 Å². The minimum absolute atomic E-state index is 0.172. The minimum Gasteiger partial charge on any atom is -0.361 e. The lowest BCUT2D eigenvalue weighted by atomic mass is 9.96. The van der Waals surface area contributed by atoms with E-state index in [1.54, 1.807) is 6.07 Å². The van der Waals surface area contributed by atoms with Crippen LogP contribution in [-0.4, -0.2) is 29.4 Å². The molecule has 3 N–H and O–H groups in total. The van der Waals surface area contributed by atoms with Crippen LogP contribution in [0.2, 0.25) is 0 Å². The summed E-state index contributed by atoms with van der Waals surface area (Å²) >= 11 is 1.36. The van der Waals surface area contributed by atoms with Crippen molar-refractivity contribution in [1.82, 2.24) is 15.6 Å². The number of H-pyrrole nitrogens is 1. The van der Waals surface area contributed by atoms with Crippen molar-refractivity contribution in [3.05, 3.63) is 94.3 Å². The molecule has 5 nitrogen and oxygen atoms in total. The molecule has 2 atom stereocenters. The van der Waals surface area contributed by atoms with E-state index in [9.17, 15) is 9.59 Å². The summed E-state index contributed by atoms with van der Waals surface area (Å²) in [5, 5.41) is 8.95. The summed E-state index contributed by atoms with van der Waals surface area (Å²) in [6.45, 7) is 2.64. The molecule has 0 aliphatic heterocycles. The number of hydrogen-bond acceptors (Lipinski definition) is 3. The molecule has 2 aromatic heterocycles. The molecule has 0 bridgehead atoms. The van der Waals surface area contributed by atoms with Crippen LogP contribution >= 0.6 is 11.3 Å². The molecular weight excluding hydrogens is 418 g/mol. The summed E-state index contributed by atoms with van der Waals surface area (Å²) in [5.41, 5.74) is 3.22. The number of fused-ring (bicyclic) bond motifs is 1. The number of amides is 2. The third-order valence-electron chi connectivity index (χ3n) is 5.75. The minimum atomic E-state index is -0.669. The molecule has 0 fully saturated rings. The predicted molar refractivity (Wildman–Crippen MR) is 130 cm³/mol. The highest BCUT2D eigenvalue weighted by Gasteiger charge is 2.24. The van der Waals surface area contributed by atoms with E-state index in [1.165, 1.54) is 16.9 Å². The maximum atomic E-state index is 13.2. The lowest BCUT2D eigenvalue weighted by Crippen LogP contribution is -2.48. The fourth-order valence-electron chi connectivity index (χ4n) is 3.94. The molecule has 2 aromatic carbocycles. The topological polar surface area (TPSA) is 74.0 Å². The van der Waals surface area contributed by atoms with Crippen molar-refractivity contribution in [2.75, 3.05) is 6.54 Å². The fourth-order valence-corrected chi connectivity index (χ4v) is 4.56. The van der Waals surface area contributed by atoms with Gasteiger partial charge in [0.05, 0.1) is 4.88 Å². The Kier molecular flexibility index (Phi) is 7.02. The first kappa shape index (κ1) is 21.8. The third-order valence-corrected chi connectivity index (χ3v) is 6.62. The van der Waals surface area contributed by atoms with Gasteiger partial charge in [0.2, 0.25) is 5.91 Å². The third kappa shape index (κ3) is 5.08. The SMILES string of the molecule is CCC(CNC(=O)[C@H](Cc1c[nH]c2ccccc12)NC(=O)c1cccs1)c1ccccc1. The van der Waals surface area contributed by atoms with Crippen LogP contribution in [-0.2, 0) is 11.2 Å². The summed E-state index contributed by atoms with van der Waals surface area (Å²) in [6.07, 6.45) is 3.25. The van der Waals surface area contributed by atoms with Gasteiger partial charge in [-0.05, 0) is 35.1 Å². The van der Waals surface area contributed by atoms with Gasteiger partial charge in [0.15, 0.2) is 0 Å². The van der Waals surface area contributed by atoms with Crippen molar-refractivity contribution in [3.63, 3.8) is 0 Å². The molecule has 164 valence electrons. The summed E-state index contributed by atoms with van der Waals surface area (Å²) in [6, 6.07) is 21.1. The van der Waals surface area contributed by atoms with E-state index in [-0.39, 0.29) is 17.7 Å². The molecule has 2 heterocycles. The Balaban J connectivity index is 1.51. The zero-order valence-corrected chi connectivity index (χ0v) is 18.8. The summed E-state index contributed by atoms with van der Waals surface area (Å²) in [5.74, 6) is -0.174. The highest BCUT2D eigenvalue weighted by molar-refractivity contribution is 7.12. The van der Waals surface area contributed by atoms with Crippen molar-refractivity contribution in [2.24, 2.45) is 0 Å². The zero-order valence-electron chi connectivity index (χ0n) is 18.0. The molecule has 0 saturated heterocycles. The summed E-state index contributed by atoms with van der Waals surface area (Å²) in [4.78, 5) is 29.8. The zero-order chi connectivity index (χ0) is 22.3. The molecule has 4 aromatic rings. The van der Waals surface area contributed by atoms with Crippen LogP contribution in [0.4, 0.5) is 0 Å². The Labute approximate surface area is 191 Å². The van der Waals surface area contributed by atoms with Crippen LogP contribution in [0.25, 0.3) is 10.9 Å². The number of carbonyl (C=O) groups excluding carboxylic acids is 2. The van der Waals surface area contributed by atoms with Gasteiger partial charge in [-0.2, -0.15) is 0 Å². The first-order valence-electron chi connectivity index (χ1n) is 10.9. The summed E-state index contributed by atoms with van der Waals surface area (Å²) < 4.78 is 0. The molecule has 32 heavy (non-hydrogen) atoms. The quantitative estimate of drug-likeness (QED) is 0.343. The van der Waals surface area contributed by atoms with Crippen molar-refractivity contribution in [3.8, 4) is 0 Å². The lowest BCUT2D eigenvalue weighted by molar-refractivity contribution is -0.123. The highest BCUT2D eigenvalue weighted by atomic mass is 32.1. The smallest absolute Gasteiger partial charge is 0.262 e. The molecule has 0 aliphatic rings. The number of carbonyl (C=O) groups is 2. The van der Waals surface area contributed by atoms with Gasteiger partial charge >= 0.3 is 0 Å². The Bertz CT molecular complexity index is 1170. The van der Waals surface area contributed by atoms with E-state index in [1.807, 2.05) is 60.1 Å². The van der Waals surface area contributed by atoms with E-state index in [0.717, 1.165) is 22.9 Å². The Morgan fingerprint density at radius 2 is 1.78 bits per heavy atom. The van der Waals surface area contributed by atoms with Crippen LogP contribution in [0.15, 0.2) is 78.3 Å². The second kappa shape index (κ2) is 10.3. The number of benzene rings is 2. The van der Waals surface area contributed by atoms with E-state index < -0.39 is 6.04 Å². The van der Waals surface area contributed by atoms with Gasteiger partial charge in [-0.1, -0.05) is 61.5 Å². The number of rotatable bonds is 9. The molecular formula is C26H27N3O2S. The van der Waals surface area contributed by atoms with Gasteiger partial charge < -0.3 is 15.6 Å². The van der Waals surface area contributed by atoms with E-state index in [0.29, 0.717) is 17.8 Å². The van der Waals surface area contributed by atoms with E-state index in [2.05, 4.69) is 34.7 Å². The van der Waals surface area contributed by atoms with Gasteiger partial charge in [-0.25, -0.2) is 0 Å². The van der Waals surface area contributed by atoms with E-state index in [4.69, 9.17) is 0 Å². The first-order chi connectivity index (χ1) is 15.7. The van der Waals surface area contributed by atoms with Crippen LogP contribution in [0, 0.1) is 0 Å². The molecule has 0 radical (unpaired) electrons. The first-order valence-corrected chi connectivity index (χ1v) is 11.8. The molecule has 0 aliphatic carbocycles. The normalized spacial score (nSPS) is 12.9. The number of para-hydroxylation sites is 1. The molecule has 1 unspecified atom stereocenters. The second-order valence-electron chi connectivity index (χ2n) is 7.83. The largest absolute Gasteiger partial charge is 0.361 e. The number of aromatic nitrogens is 1. The molecule has 2 amide bonds. The van der Waals surface area contributed by atoms with Crippen LogP contribution < -0.4 is 10.6 Å². The summed E-state index contributed by atoms with van der Waals surface area (Å²) in [7, 11) is 0. The highest BCUT2D eigenvalue weighted by Crippen LogP contribution is 2.21. The number of thiophene rings is 1. The molecule has 0 saturated carbocycles. The average Bonchev–Trinajstić information content (AvgIpc) is 3.50. The van der Waals surface area contributed by atoms with Gasteiger partial charge in [0.25, 0.3) is 5.91 Å². The van der Waals surface area contributed by atoms with E-state index >= 15 is 0 Å². The van der Waals surface area contributed by atoms with Crippen LogP contribution in [0.1, 0.15) is 40.1 Å². The Morgan fingerprint density at radius 3 is 2.53 bits per heavy atom. The Hall–Kier alpha value is -3.38. The van der Waals surface area contributed by atoms with Gasteiger partial charge in [-0.3, -0.25) is 9.59 Å². The monoisotopic (exact) mass is 445 g/mol. The van der Waals surface area contributed by atoms with Crippen molar-refractivity contribution in [2.45, 2.75) is 31.7 Å². The molecule has 6 heteroatoms. The second-order valence-corrected chi connectivity index (χ2v) is 8.78. The average molecular weight is 446 g/mol. The maximum Gasteiger partial charge on any atom is 0.262 e. The lowest BCUT2D eigenvalue weighted by Gasteiger charge is -2.21. The van der Waals surface area contributed by atoms with Gasteiger partial charge in [0, 0.05) is 36.0 Å². The Morgan fingerprint density at radius 1 is 1.00 bits per heavy atom. The molecule has 4 rings (SSSR count). The van der Waals surface area contributed by atoms with Crippen LogP contribution in [0.3, 0.4) is 0 Å². The predicted octanol–water partition coefficient (Wildman–Crippen LogP) is 4.88.